The number of benzene rings is 1. The summed E-state index contributed by atoms with van der Waals surface area (Å²) in [6.07, 6.45) is 0.417. The molecule has 1 aliphatic heterocycles. The van der Waals surface area contributed by atoms with Crippen LogP contribution in [0.2, 0.25) is 0 Å². The smallest absolute Gasteiger partial charge is 0.411 e. The first-order chi connectivity index (χ1) is 15.4. The fraction of sp³-hybridized carbons (Fsp3) is 0.609. The van der Waals surface area contributed by atoms with Gasteiger partial charge >= 0.3 is 6.09 Å². The van der Waals surface area contributed by atoms with E-state index in [-0.39, 0.29) is 23.9 Å². The highest BCUT2D eigenvalue weighted by Crippen LogP contribution is 2.43. The number of methoxy groups -OCH3 is 1. The Balaban J connectivity index is 1.76. The van der Waals surface area contributed by atoms with Crippen LogP contribution in [0, 0.1) is 23.1 Å². The molecule has 0 spiro atoms. The van der Waals surface area contributed by atoms with Crippen molar-refractivity contribution in [3.8, 4) is 6.07 Å². The van der Waals surface area contributed by atoms with Gasteiger partial charge in [-0.2, -0.15) is 5.26 Å². The first kappa shape index (κ1) is 25.4. The van der Waals surface area contributed by atoms with Gasteiger partial charge in [-0.15, -0.1) is 0 Å². The van der Waals surface area contributed by atoms with Crippen LogP contribution in [0.15, 0.2) is 16.6 Å². The summed E-state index contributed by atoms with van der Waals surface area (Å²) in [6.45, 7) is 5.30. The molecule has 10 heteroatoms. The van der Waals surface area contributed by atoms with E-state index in [0.29, 0.717) is 16.5 Å². The molecule has 2 fully saturated rings. The maximum absolute atomic E-state index is 14.5. The number of ether oxygens (including phenoxy) is 2. The highest BCUT2D eigenvalue weighted by atomic mass is 79.9. The van der Waals surface area contributed by atoms with E-state index >= 15 is 0 Å². The third kappa shape index (κ3) is 5.65. The second-order valence-electron chi connectivity index (χ2n) is 9.51. The minimum atomic E-state index is -1.27. The van der Waals surface area contributed by atoms with Crippen LogP contribution in [-0.2, 0) is 20.7 Å². The van der Waals surface area contributed by atoms with Gasteiger partial charge in [0.05, 0.1) is 6.07 Å². The Labute approximate surface area is 201 Å². The largest absolute Gasteiger partial charge is 0.444 e. The highest BCUT2D eigenvalue weighted by molar-refractivity contribution is 9.10. The zero-order chi connectivity index (χ0) is 24.5. The van der Waals surface area contributed by atoms with Crippen molar-refractivity contribution in [2.24, 2.45) is 5.92 Å². The molecule has 5 unspecified atom stereocenters. The number of halogens is 2. The molecule has 2 bridgehead atoms. The molecular weight excluding hydrogens is 497 g/mol. The van der Waals surface area contributed by atoms with E-state index in [4.69, 9.17) is 9.47 Å². The van der Waals surface area contributed by atoms with E-state index in [0.717, 1.165) is 12.8 Å². The van der Waals surface area contributed by atoms with Gasteiger partial charge in [-0.3, -0.25) is 9.69 Å². The molecule has 180 valence electrons. The molecule has 1 aromatic carbocycles. The highest BCUT2D eigenvalue weighted by Gasteiger charge is 2.52. The summed E-state index contributed by atoms with van der Waals surface area (Å²) < 4.78 is 25.3. The topological polar surface area (TPSA) is 112 Å². The lowest BCUT2D eigenvalue weighted by molar-refractivity contribution is -0.128. The van der Waals surface area contributed by atoms with Crippen molar-refractivity contribution in [2.45, 2.75) is 76.5 Å². The van der Waals surface area contributed by atoms with Crippen molar-refractivity contribution in [1.82, 2.24) is 10.2 Å². The van der Waals surface area contributed by atoms with E-state index in [1.165, 1.54) is 24.1 Å². The number of fused-ring (bicyclic) bond motifs is 2. The molecule has 2 N–H and O–H groups in total. The fourth-order valence-corrected chi connectivity index (χ4v) is 5.11. The number of hydrogen-bond donors (Lipinski definition) is 2. The molecule has 5 atom stereocenters. The van der Waals surface area contributed by atoms with E-state index in [2.05, 4.69) is 21.2 Å². The number of rotatable bonds is 6. The molecule has 8 nitrogen and oxygen atoms in total. The Morgan fingerprint density at radius 2 is 2.09 bits per heavy atom. The normalized spacial score (nSPS) is 23.7. The van der Waals surface area contributed by atoms with Gasteiger partial charge in [0, 0.05) is 29.6 Å². The van der Waals surface area contributed by atoms with Crippen molar-refractivity contribution in [1.29, 1.82) is 5.26 Å². The Morgan fingerprint density at radius 3 is 2.70 bits per heavy atom. The molecule has 0 aromatic heterocycles. The zero-order valence-corrected chi connectivity index (χ0v) is 20.7. The quantitative estimate of drug-likeness (QED) is 0.549. The van der Waals surface area contributed by atoms with E-state index < -0.39 is 41.8 Å². The Kier molecular flexibility index (Phi) is 7.66. The van der Waals surface area contributed by atoms with Crippen molar-refractivity contribution in [2.75, 3.05) is 7.11 Å². The number of amides is 2. The van der Waals surface area contributed by atoms with Crippen molar-refractivity contribution in [3.63, 3.8) is 0 Å². The Hall–Kier alpha value is -2.22. The lowest BCUT2D eigenvalue weighted by Gasteiger charge is -2.35. The number of nitriles is 1. The first-order valence-corrected chi connectivity index (χ1v) is 11.6. The average Bonchev–Trinajstić information content (AvgIpc) is 3.34. The summed E-state index contributed by atoms with van der Waals surface area (Å²) in [5.74, 6) is -1.04. The summed E-state index contributed by atoms with van der Waals surface area (Å²) in [7, 11) is 1.31. The van der Waals surface area contributed by atoms with Crippen LogP contribution in [0.4, 0.5) is 9.18 Å². The first-order valence-electron chi connectivity index (χ1n) is 10.8. The predicted molar refractivity (Wildman–Crippen MR) is 120 cm³/mol. The third-order valence-electron chi connectivity index (χ3n) is 6.01. The summed E-state index contributed by atoms with van der Waals surface area (Å²) in [5, 5.41) is 22.3. The van der Waals surface area contributed by atoms with Gasteiger partial charge in [-0.25, -0.2) is 9.18 Å². The van der Waals surface area contributed by atoms with Crippen LogP contribution in [0.1, 0.15) is 57.5 Å². The van der Waals surface area contributed by atoms with E-state index in [1.54, 1.807) is 20.8 Å². The molecule has 1 saturated heterocycles. The number of nitrogens with one attached hydrogen (secondary N) is 1. The van der Waals surface area contributed by atoms with Crippen LogP contribution in [-0.4, -0.2) is 52.8 Å². The standard InChI is InChI=1S/C23H29BrFN3O5/c1-23(2,3)33-22(31)28-15-6-5-12(8-15)19(28)20(29)27-14(11-26)7-13-9-16(21(30)32-4)17(24)10-18(13)25/h9-10,12,14-15,19,21,30H,5-8H2,1-4H3,(H,27,29). The lowest BCUT2D eigenvalue weighted by Crippen LogP contribution is -2.55. The maximum atomic E-state index is 14.5. The molecule has 3 rings (SSSR count). The van der Waals surface area contributed by atoms with Gasteiger partial charge in [0.1, 0.15) is 23.5 Å². The Bertz CT molecular complexity index is 961. The molecule has 1 aliphatic carbocycles. The molecule has 33 heavy (non-hydrogen) atoms. The van der Waals surface area contributed by atoms with Gasteiger partial charge in [0.25, 0.3) is 0 Å². The molecular formula is C23H29BrFN3O5. The third-order valence-corrected chi connectivity index (χ3v) is 6.70. The average molecular weight is 526 g/mol. The van der Waals surface area contributed by atoms with Crippen molar-refractivity contribution in [3.05, 3.63) is 33.5 Å². The number of piperidine rings is 1. The predicted octanol–water partition coefficient (Wildman–Crippen LogP) is 3.56. The van der Waals surface area contributed by atoms with Crippen LogP contribution in [0.25, 0.3) is 0 Å². The molecule has 1 heterocycles. The molecule has 1 aromatic rings. The summed E-state index contributed by atoms with van der Waals surface area (Å²) >= 11 is 3.19. The van der Waals surface area contributed by atoms with Gasteiger partial charge in [-0.05, 0) is 63.6 Å². The number of aliphatic hydroxyl groups excluding tert-OH is 1. The SMILES string of the molecule is COC(O)c1cc(CC(C#N)NC(=O)C2C3CCC(C3)N2C(=O)OC(C)(C)C)c(F)cc1Br. The fourth-order valence-electron chi connectivity index (χ4n) is 4.59. The van der Waals surface area contributed by atoms with Gasteiger partial charge in [0.2, 0.25) is 5.91 Å². The second kappa shape index (κ2) is 9.95. The van der Waals surface area contributed by atoms with Crippen molar-refractivity contribution < 1.29 is 28.6 Å². The van der Waals surface area contributed by atoms with Crippen LogP contribution in [0.5, 0.6) is 0 Å². The number of nitrogens with zero attached hydrogens (tertiary/aromatic N) is 2. The van der Waals surface area contributed by atoms with Crippen molar-refractivity contribution >= 4 is 27.9 Å². The minimum absolute atomic E-state index is 0.00488. The number of carbonyl (C=O) groups is 2. The van der Waals surface area contributed by atoms with Gasteiger partial charge in [-0.1, -0.05) is 15.9 Å². The lowest BCUT2D eigenvalue weighted by atomic mass is 9.97. The number of aliphatic hydroxyl groups is 1. The molecule has 2 aliphatic rings. The number of carbonyl (C=O) groups excluding carboxylic acids is 2. The maximum Gasteiger partial charge on any atom is 0.411 e. The molecule has 1 saturated carbocycles. The van der Waals surface area contributed by atoms with Gasteiger partial charge in [0.15, 0.2) is 6.29 Å². The van der Waals surface area contributed by atoms with E-state index in [9.17, 15) is 24.3 Å². The van der Waals surface area contributed by atoms with E-state index in [1.807, 2.05) is 6.07 Å². The Morgan fingerprint density at radius 1 is 1.39 bits per heavy atom. The second-order valence-corrected chi connectivity index (χ2v) is 10.4. The molecule has 2 amide bonds. The van der Waals surface area contributed by atoms with Crippen LogP contribution >= 0.6 is 15.9 Å². The summed E-state index contributed by atoms with van der Waals surface area (Å²) in [6, 6.07) is 2.76. The number of likely N-dealkylation sites (tertiary alicyclic amines) is 1. The summed E-state index contributed by atoms with van der Waals surface area (Å²) in [4.78, 5) is 27.4. The van der Waals surface area contributed by atoms with Crippen LogP contribution in [0.3, 0.4) is 0 Å². The number of hydrogen-bond acceptors (Lipinski definition) is 6. The van der Waals surface area contributed by atoms with Crippen LogP contribution < -0.4 is 5.32 Å². The van der Waals surface area contributed by atoms with Gasteiger partial charge < -0.3 is 19.9 Å². The zero-order valence-electron chi connectivity index (χ0n) is 19.1. The summed E-state index contributed by atoms with van der Waals surface area (Å²) in [5.41, 5.74) is -0.243. The molecule has 0 radical (unpaired) electrons. The minimum Gasteiger partial charge on any atom is -0.444 e. The monoisotopic (exact) mass is 525 g/mol.